The van der Waals surface area contributed by atoms with Gasteiger partial charge in [-0.3, -0.25) is 4.79 Å². The lowest BCUT2D eigenvalue weighted by molar-refractivity contribution is 0.0778. The lowest BCUT2D eigenvalue weighted by Gasteiger charge is -2.18. The van der Waals surface area contributed by atoms with Crippen LogP contribution in [-0.4, -0.2) is 39.4 Å². The molecule has 0 saturated heterocycles. The summed E-state index contributed by atoms with van der Waals surface area (Å²) in [5.74, 6) is 0.254. The summed E-state index contributed by atoms with van der Waals surface area (Å²) in [5, 5.41) is 0. The predicted octanol–water partition coefficient (Wildman–Crippen LogP) is 1.78. The summed E-state index contributed by atoms with van der Waals surface area (Å²) in [7, 11) is 1.73. The molecule has 0 unspecified atom stereocenters. The molecule has 0 radical (unpaired) electrons. The van der Waals surface area contributed by atoms with Gasteiger partial charge >= 0.3 is 0 Å². The van der Waals surface area contributed by atoms with Crippen LogP contribution in [0.5, 0.6) is 5.88 Å². The van der Waals surface area contributed by atoms with Crippen LogP contribution in [0.15, 0.2) is 24.7 Å². The molecular weight excluding hydrogens is 256 g/mol. The van der Waals surface area contributed by atoms with Gasteiger partial charge in [0, 0.05) is 18.9 Å². The molecule has 6 heteroatoms. The van der Waals surface area contributed by atoms with Crippen LogP contribution >= 0.6 is 0 Å². The number of carbonyl (C=O) groups is 1. The molecule has 1 amide bonds. The van der Waals surface area contributed by atoms with Crippen LogP contribution in [0.2, 0.25) is 0 Å². The van der Waals surface area contributed by atoms with E-state index in [0.29, 0.717) is 24.6 Å². The minimum Gasteiger partial charge on any atom is -0.477 e. The van der Waals surface area contributed by atoms with Crippen LogP contribution in [0, 0.1) is 6.92 Å². The minimum atomic E-state index is -0.129. The van der Waals surface area contributed by atoms with Gasteiger partial charge in [-0.1, -0.05) is 0 Å². The van der Waals surface area contributed by atoms with Gasteiger partial charge < -0.3 is 14.6 Å². The van der Waals surface area contributed by atoms with E-state index >= 15 is 0 Å². The Morgan fingerprint density at radius 3 is 2.90 bits per heavy atom. The zero-order chi connectivity index (χ0) is 14.5. The zero-order valence-corrected chi connectivity index (χ0v) is 11.9. The largest absolute Gasteiger partial charge is 0.477 e. The number of hydrogen-bond donors (Lipinski definition) is 1. The molecule has 2 rings (SSSR count). The Labute approximate surface area is 117 Å². The van der Waals surface area contributed by atoms with Crippen molar-refractivity contribution in [2.24, 2.45) is 0 Å². The van der Waals surface area contributed by atoms with Gasteiger partial charge in [0.15, 0.2) is 0 Å². The number of rotatable bonds is 5. The van der Waals surface area contributed by atoms with Gasteiger partial charge in [0.05, 0.1) is 25.2 Å². The van der Waals surface area contributed by atoms with E-state index in [4.69, 9.17) is 4.74 Å². The molecule has 0 aliphatic heterocycles. The van der Waals surface area contributed by atoms with Crippen LogP contribution in [0.1, 0.15) is 28.7 Å². The topological polar surface area (TPSA) is 71.1 Å². The van der Waals surface area contributed by atoms with Crippen molar-refractivity contribution in [3.05, 3.63) is 41.6 Å². The Bertz CT molecular complexity index is 581. The molecule has 1 N–H and O–H groups in total. The quantitative estimate of drug-likeness (QED) is 0.902. The molecule has 106 valence electrons. The first kappa shape index (κ1) is 14.0. The minimum absolute atomic E-state index is 0.129. The number of imidazole rings is 1. The maximum absolute atomic E-state index is 12.4. The van der Waals surface area contributed by atoms with E-state index in [0.717, 1.165) is 11.4 Å². The van der Waals surface area contributed by atoms with Gasteiger partial charge in [-0.05, 0) is 26.0 Å². The number of pyridine rings is 1. The molecule has 2 aromatic rings. The van der Waals surface area contributed by atoms with E-state index in [-0.39, 0.29) is 5.91 Å². The third-order valence-electron chi connectivity index (χ3n) is 2.82. The Kier molecular flexibility index (Phi) is 4.34. The van der Waals surface area contributed by atoms with Crippen molar-refractivity contribution in [1.82, 2.24) is 19.9 Å². The second kappa shape index (κ2) is 6.18. The number of aryl methyl sites for hydroxylation is 1. The number of aromatic amines is 1. The van der Waals surface area contributed by atoms with Crippen molar-refractivity contribution < 1.29 is 9.53 Å². The molecule has 0 aliphatic carbocycles. The van der Waals surface area contributed by atoms with Gasteiger partial charge in [0.25, 0.3) is 5.91 Å². The number of nitrogens with one attached hydrogen (secondary N) is 1. The number of nitrogens with zero attached hydrogens (tertiary/aromatic N) is 3. The summed E-state index contributed by atoms with van der Waals surface area (Å²) < 4.78 is 5.45. The number of amides is 1. The van der Waals surface area contributed by atoms with Crippen LogP contribution < -0.4 is 4.74 Å². The van der Waals surface area contributed by atoms with Crippen LogP contribution in [0.3, 0.4) is 0 Å². The Balaban J connectivity index is 2.19. The molecule has 2 heterocycles. The van der Waals surface area contributed by atoms with E-state index < -0.39 is 0 Å². The highest BCUT2D eigenvalue weighted by molar-refractivity contribution is 5.96. The first-order valence-corrected chi connectivity index (χ1v) is 6.45. The second-order valence-corrected chi connectivity index (χ2v) is 4.48. The van der Waals surface area contributed by atoms with E-state index in [1.807, 2.05) is 13.8 Å². The molecular formula is C14H18N4O2. The first-order valence-electron chi connectivity index (χ1n) is 6.45. The summed E-state index contributed by atoms with van der Waals surface area (Å²) in [5.41, 5.74) is 2.17. The summed E-state index contributed by atoms with van der Waals surface area (Å²) in [6.45, 7) is 4.66. The summed E-state index contributed by atoms with van der Waals surface area (Å²) >= 11 is 0. The smallest absolute Gasteiger partial charge is 0.259 e. The van der Waals surface area contributed by atoms with E-state index in [1.54, 1.807) is 36.6 Å². The molecule has 0 fully saturated rings. The number of ether oxygens (including phenoxy) is 1. The van der Waals surface area contributed by atoms with Gasteiger partial charge in [0.2, 0.25) is 5.88 Å². The number of hydrogen-bond acceptors (Lipinski definition) is 4. The van der Waals surface area contributed by atoms with Gasteiger partial charge in [-0.2, -0.15) is 0 Å². The van der Waals surface area contributed by atoms with Crippen molar-refractivity contribution >= 4 is 5.91 Å². The van der Waals surface area contributed by atoms with E-state index in [9.17, 15) is 4.79 Å². The standard InChI is InChI=1S/C14H18N4O2/c1-4-20-13-12(6-5-10(2)17-13)14(19)18(3)8-11-7-15-9-16-11/h5-7,9H,4,8H2,1-3H3,(H,15,16). The SMILES string of the molecule is CCOc1nc(C)ccc1C(=O)N(C)Cc1cnc[nH]1. The summed E-state index contributed by atoms with van der Waals surface area (Å²) in [4.78, 5) is 25.2. The normalized spacial score (nSPS) is 10.3. The predicted molar refractivity (Wildman–Crippen MR) is 74.5 cm³/mol. The lowest BCUT2D eigenvalue weighted by Crippen LogP contribution is -2.27. The lowest BCUT2D eigenvalue weighted by atomic mass is 10.2. The van der Waals surface area contributed by atoms with Crippen LogP contribution in [0.4, 0.5) is 0 Å². The highest BCUT2D eigenvalue weighted by Crippen LogP contribution is 2.18. The first-order chi connectivity index (χ1) is 9.61. The van der Waals surface area contributed by atoms with Gasteiger partial charge in [0.1, 0.15) is 5.56 Å². The fraction of sp³-hybridized carbons (Fsp3) is 0.357. The molecule has 2 aromatic heterocycles. The number of aromatic nitrogens is 3. The Morgan fingerprint density at radius 1 is 1.45 bits per heavy atom. The molecule has 6 nitrogen and oxygen atoms in total. The van der Waals surface area contributed by atoms with Crippen molar-refractivity contribution in [1.29, 1.82) is 0 Å². The molecule has 0 saturated carbocycles. The molecule has 0 spiro atoms. The Hall–Kier alpha value is -2.37. The Morgan fingerprint density at radius 2 is 2.25 bits per heavy atom. The second-order valence-electron chi connectivity index (χ2n) is 4.48. The maximum Gasteiger partial charge on any atom is 0.259 e. The highest BCUT2D eigenvalue weighted by atomic mass is 16.5. The molecule has 0 bridgehead atoms. The number of H-pyrrole nitrogens is 1. The van der Waals surface area contributed by atoms with Crippen molar-refractivity contribution in [3.8, 4) is 5.88 Å². The molecule has 0 atom stereocenters. The van der Waals surface area contributed by atoms with E-state index in [1.165, 1.54) is 0 Å². The average molecular weight is 274 g/mol. The molecule has 0 aromatic carbocycles. The summed E-state index contributed by atoms with van der Waals surface area (Å²) in [6.07, 6.45) is 3.29. The van der Waals surface area contributed by atoms with E-state index in [2.05, 4.69) is 15.0 Å². The van der Waals surface area contributed by atoms with Crippen LogP contribution in [0.25, 0.3) is 0 Å². The van der Waals surface area contributed by atoms with Crippen molar-refractivity contribution in [2.45, 2.75) is 20.4 Å². The maximum atomic E-state index is 12.4. The van der Waals surface area contributed by atoms with Gasteiger partial charge in [-0.25, -0.2) is 9.97 Å². The fourth-order valence-electron chi connectivity index (χ4n) is 1.85. The third kappa shape index (κ3) is 3.14. The van der Waals surface area contributed by atoms with Gasteiger partial charge in [-0.15, -0.1) is 0 Å². The van der Waals surface area contributed by atoms with Crippen LogP contribution in [-0.2, 0) is 6.54 Å². The zero-order valence-electron chi connectivity index (χ0n) is 11.9. The van der Waals surface area contributed by atoms with Crippen molar-refractivity contribution in [3.63, 3.8) is 0 Å². The highest BCUT2D eigenvalue weighted by Gasteiger charge is 2.18. The number of carbonyl (C=O) groups excluding carboxylic acids is 1. The average Bonchev–Trinajstić information content (AvgIpc) is 2.91. The van der Waals surface area contributed by atoms with Crippen molar-refractivity contribution in [2.75, 3.05) is 13.7 Å². The monoisotopic (exact) mass is 274 g/mol. The summed E-state index contributed by atoms with van der Waals surface area (Å²) in [6, 6.07) is 3.55. The third-order valence-corrected chi connectivity index (χ3v) is 2.82. The molecule has 20 heavy (non-hydrogen) atoms. The molecule has 0 aliphatic rings. The fourth-order valence-corrected chi connectivity index (χ4v) is 1.85.